The number of fused-ring (bicyclic) bond motifs is 7. The molecule has 1 aliphatic heterocycles. The number of para-hydroxylation sites is 2. The summed E-state index contributed by atoms with van der Waals surface area (Å²) in [6.07, 6.45) is 3.15. The predicted octanol–water partition coefficient (Wildman–Crippen LogP) is 6.81. The summed E-state index contributed by atoms with van der Waals surface area (Å²) in [5, 5.41) is 13.3. The van der Waals surface area contributed by atoms with Gasteiger partial charge in [-0.05, 0) is 30.2 Å². The van der Waals surface area contributed by atoms with Crippen molar-refractivity contribution in [2.75, 3.05) is 0 Å². The van der Waals surface area contributed by atoms with E-state index >= 15 is 0 Å². The zero-order valence-corrected chi connectivity index (χ0v) is 21.9. The molecule has 5 aromatic rings. The molecule has 5 heteroatoms. The van der Waals surface area contributed by atoms with E-state index in [1.54, 1.807) is 0 Å². The van der Waals surface area contributed by atoms with Crippen LogP contribution in [0.4, 0.5) is 0 Å². The Kier molecular flexibility index (Phi) is 6.20. The van der Waals surface area contributed by atoms with Crippen LogP contribution < -0.4 is 0 Å². The second-order valence-electron chi connectivity index (χ2n) is 9.03. The summed E-state index contributed by atoms with van der Waals surface area (Å²) < 4.78 is 2.31. The Morgan fingerprint density at radius 3 is 2.41 bits per heavy atom. The summed E-state index contributed by atoms with van der Waals surface area (Å²) in [5.74, 6) is -0.0625. The molecular formula is C29H25IrN2O2-. The molecular weight excluding hydrogens is 601 g/mol. The summed E-state index contributed by atoms with van der Waals surface area (Å²) in [5.41, 5.74) is 6.00. The second kappa shape index (κ2) is 8.83. The maximum Gasteiger partial charge on any atom is 0.155 e. The van der Waals surface area contributed by atoms with Crippen molar-refractivity contribution in [1.82, 2.24) is 9.55 Å². The minimum Gasteiger partial charge on any atom is -0.512 e. The molecule has 0 fully saturated rings. The third kappa shape index (κ3) is 3.66. The number of aromatic nitrogens is 2. The van der Waals surface area contributed by atoms with Gasteiger partial charge in [0.2, 0.25) is 0 Å². The molecule has 3 heterocycles. The molecule has 0 bridgehead atoms. The largest absolute Gasteiger partial charge is 0.512 e. The number of aliphatic hydroxyl groups is 1. The Morgan fingerprint density at radius 2 is 1.71 bits per heavy atom. The smallest absolute Gasteiger partial charge is 0.155 e. The zero-order valence-electron chi connectivity index (χ0n) is 19.5. The fourth-order valence-corrected chi connectivity index (χ4v) is 4.96. The van der Waals surface area contributed by atoms with E-state index in [0.29, 0.717) is 0 Å². The van der Waals surface area contributed by atoms with Crippen LogP contribution in [0, 0.1) is 6.07 Å². The van der Waals surface area contributed by atoms with Gasteiger partial charge in [-0.15, -0.1) is 5.56 Å². The fourth-order valence-electron chi connectivity index (χ4n) is 4.96. The van der Waals surface area contributed by atoms with Crippen LogP contribution >= 0.6 is 0 Å². The number of carbonyl (C=O) groups excluding carboxylic acids is 1. The molecule has 1 radical (unpaired) electrons. The molecule has 1 aliphatic rings. The molecule has 0 unspecified atom stereocenters. The first-order chi connectivity index (χ1) is 15.8. The fraction of sp³-hybridized carbons (Fsp3) is 0.172. The van der Waals surface area contributed by atoms with Gasteiger partial charge in [-0.1, -0.05) is 62.0 Å². The van der Waals surface area contributed by atoms with Gasteiger partial charge in [-0.2, -0.15) is 24.3 Å². The molecule has 6 rings (SSSR count). The molecule has 3 aromatic carbocycles. The molecule has 4 nitrogen and oxygen atoms in total. The van der Waals surface area contributed by atoms with Crippen molar-refractivity contribution in [3.63, 3.8) is 0 Å². The van der Waals surface area contributed by atoms with Crippen LogP contribution in [0.25, 0.3) is 38.4 Å². The van der Waals surface area contributed by atoms with Crippen molar-refractivity contribution in [3.8, 4) is 5.69 Å². The number of rotatable bonds is 1. The van der Waals surface area contributed by atoms with E-state index in [2.05, 4.69) is 79.1 Å². The molecule has 0 amide bonds. The van der Waals surface area contributed by atoms with Crippen LogP contribution in [0.2, 0.25) is 0 Å². The SMILES string of the molecule is CC(=O)C=C(C)O.CC1(C)c2ccc[c-]c2-n2c3ncc4ccccc4c3c3cccc1c32.[Ir]. The average Bonchev–Trinajstić information content (AvgIpc) is 3.13. The number of nitrogens with zero attached hydrogens (tertiary/aromatic N) is 2. The van der Waals surface area contributed by atoms with Crippen LogP contribution in [0.5, 0.6) is 0 Å². The van der Waals surface area contributed by atoms with E-state index in [9.17, 15) is 4.79 Å². The standard InChI is InChI=1S/C24H17N2.C5H8O2.Ir/c1-24(2)18-11-5-6-13-20(18)26-22-17(10-7-12-19(22)24)21-16-9-4-3-8-15(16)14-25-23(21)26;1-4(6)3-5(2)7;/h3-12,14H,1-2H3;3,6H,1-2H3;/q-1;;. The van der Waals surface area contributed by atoms with E-state index in [4.69, 9.17) is 10.1 Å². The van der Waals surface area contributed by atoms with Crippen molar-refractivity contribution in [2.45, 2.75) is 33.1 Å². The summed E-state index contributed by atoms with van der Waals surface area (Å²) in [6.45, 7) is 7.46. The van der Waals surface area contributed by atoms with Crippen molar-refractivity contribution in [2.24, 2.45) is 0 Å². The van der Waals surface area contributed by atoms with Crippen molar-refractivity contribution >= 4 is 38.5 Å². The number of allylic oxidation sites excluding steroid dienone is 2. The number of hydrogen-bond donors (Lipinski definition) is 1. The van der Waals surface area contributed by atoms with Crippen LogP contribution in [-0.2, 0) is 30.3 Å². The third-order valence-corrected chi connectivity index (χ3v) is 6.34. The molecule has 0 saturated carbocycles. The quantitative estimate of drug-likeness (QED) is 0.127. The van der Waals surface area contributed by atoms with Gasteiger partial charge in [-0.3, -0.25) is 4.79 Å². The number of benzene rings is 3. The number of hydrogen-bond acceptors (Lipinski definition) is 3. The average molecular weight is 626 g/mol. The van der Waals surface area contributed by atoms with Crippen LogP contribution in [0.1, 0.15) is 38.8 Å². The first-order valence-corrected chi connectivity index (χ1v) is 11.0. The van der Waals surface area contributed by atoms with Crippen molar-refractivity contribution in [3.05, 3.63) is 95.9 Å². The third-order valence-electron chi connectivity index (χ3n) is 6.34. The van der Waals surface area contributed by atoms with Crippen molar-refractivity contribution < 1.29 is 30.0 Å². The maximum absolute atomic E-state index is 10.0. The number of ketones is 1. The molecule has 1 N–H and O–H groups in total. The normalized spacial score (nSPS) is 13.7. The summed E-state index contributed by atoms with van der Waals surface area (Å²) in [4.78, 5) is 14.9. The minimum atomic E-state index is -0.125. The van der Waals surface area contributed by atoms with Gasteiger partial charge in [-0.25, -0.2) is 4.98 Å². The van der Waals surface area contributed by atoms with E-state index in [0.717, 1.165) is 11.3 Å². The Labute approximate surface area is 212 Å². The van der Waals surface area contributed by atoms with Gasteiger partial charge >= 0.3 is 0 Å². The number of aliphatic hydroxyl groups excluding tert-OH is 1. The van der Waals surface area contributed by atoms with Gasteiger partial charge in [0, 0.05) is 48.5 Å². The maximum atomic E-state index is 10.0. The predicted molar refractivity (Wildman–Crippen MR) is 134 cm³/mol. The van der Waals surface area contributed by atoms with Crippen molar-refractivity contribution in [1.29, 1.82) is 0 Å². The van der Waals surface area contributed by atoms with E-state index in [1.807, 2.05) is 12.3 Å². The zero-order chi connectivity index (χ0) is 23.3. The topological polar surface area (TPSA) is 55.1 Å². The molecule has 0 atom stereocenters. The molecule has 0 aliphatic carbocycles. The molecule has 0 spiro atoms. The Bertz CT molecular complexity index is 1590. The van der Waals surface area contributed by atoms with E-state index in [-0.39, 0.29) is 37.1 Å². The van der Waals surface area contributed by atoms with Gasteiger partial charge in [0.05, 0.1) is 11.3 Å². The summed E-state index contributed by atoms with van der Waals surface area (Å²) in [6, 6.07) is 25.0. The Hall–Kier alpha value is -3.27. The first kappa shape index (κ1) is 23.9. The minimum absolute atomic E-state index is 0. The monoisotopic (exact) mass is 626 g/mol. The van der Waals surface area contributed by atoms with E-state index in [1.165, 1.54) is 58.1 Å². The van der Waals surface area contributed by atoms with E-state index < -0.39 is 0 Å². The Balaban J connectivity index is 0.000000303. The molecule has 0 saturated heterocycles. The van der Waals surface area contributed by atoms with Gasteiger partial charge in [0.25, 0.3) is 0 Å². The second-order valence-corrected chi connectivity index (χ2v) is 9.03. The van der Waals surface area contributed by atoms with Crippen LogP contribution in [0.15, 0.2) is 78.7 Å². The summed E-state index contributed by atoms with van der Waals surface area (Å²) in [7, 11) is 0. The van der Waals surface area contributed by atoms with Crippen LogP contribution in [-0.4, -0.2) is 20.4 Å². The first-order valence-electron chi connectivity index (χ1n) is 11.0. The molecule has 34 heavy (non-hydrogen) atoms. The van der Waals surface area contributed by atoms with Gasteiger partial charge < -0.3 is 9.67 Å². The number of carbonyl (C=O) groups is 1. The molecule has 173 valence electrons. The van der Waals surface area contributed by atoms with Gasteiger partial charge in [0.1, 0.15) is 5.65 Å². The molecule has 2 aromatic heterocycles. The summed E-state index contributed by atoms with van der Waals surface area (Å²) >= 11 is 0. The Morgan fingerprint density at radius 1 is 1.00 bits per heavy atom. The van der Waals surface area contributed by atoms with Crippen LogP contribution in [0.3, 0.4) is 0 Å². The number of pyridine rings is 1. The van der Waals surface area contributed by atoms with Gasteiger partial charge in [0.15, 0.2) is 5.78 Å².